The molecule has 36 heavy (non-hydrogen) atoms. The minimum atomic E-state index is -0.894. The van der Waals surface area contributed by atoms with Gasteiger partial charge in [0.1, 0.15) is 11.6 Å². The van der Waals surface area contributed by atoms with E-state index in [9.17, 15) is 18.4 Å². The van der Waals surface area contributed by atoms with Crippen LogP contribution in [-0.2, 0) is 7.05 Å². The number of rotatable bonds is 6. The van der Waals surface area contributed by atoms with Gasteiger partial charge in [-0.25, -0.2) is 19.0 Å². The fraction of sp³-hybridized carbons (Fsp3) is 0.190. The number of carbonyl (C=O) groups is 2. The maximum Gasteiger partial charge on any atom is 0.334 e. The van der Waals surface area contributed by atoms with E-state index in [0.717, 1.165) is 6.07 Å². The second-order valence-corrected chi connectivity index (χ2v) is 7.36. The predicted molar refractivity (Wildman–Crippen MR) is 118 cm³/mol. The number of pyridine rings is 1. The lowest BCUT2D eigenvalue weighted by Crippen LogP contribution is -2.47. The highest BCUT2D eigenvalue weighted by Crippen LogP contribution is 2.33. The molecule has 3 heterocycles. The number of nitrogens with one attached hydrogen (secondary N) is 3. The lowest BCUT2D eigenvalue weighted by molar-refractivity contribution is 0.0898. The van der Waals surface area contributed by atoms with E-state index >= 15 is 0 Å². The van der Waals surface area contributed by atoms with Gasteiger partial charge >= 0.3 is 11.9 Å². The Labute approximate surface area is 201 Å². The van der Waals surface area contributed by atoms with E-state index < -0.39 is 29.6 Å². The van der Waals surface area contributed by atoms with Crippen LogP contribution in [0.3, 0.4) is 0 Å². The molecule has 1 atom stereocenters. The summed E-state index contributed by atoms with van der Waals surface area (Å²) in [5, 5.41) is 17.5. The first kappa shape index (κ1) is 24.2. The minimum absolute atomic E-state index is 0.0348. The first-order valence-corrected chi connectivity index (χ1v) is 10.3. The van der Waals surface area contributed by atoms with Crippen LogP contribution in [0.2, 0.25) is 0 Å². The van der Waals surface area contributed by atoms with Crippen LogP contribution in [0, 0.1) is 11.6 Å². The van der Waals surface area contributed by atoms with Gasteiger partial charge in [-0.15, -0.1) is 10.2 Å². The first-order chi connectivity index (χ1) is 17.3. The highest BCUT2D eigenvalue weighted by molar-refractivity contribution is 5.92. The first-order valence-electron chi connectivity index (χ1n) is 10.3. The molecule has 0 fully saturated rings. The summed E-state index contributed by atoms with van der Waals surface area (Å²) in [7, 11) is 2.88. The molecule has 1 unspecified atom stereocenters. The average molecular weight is 499 g/mol. The van der Waals surface area contributed by atoms with Crippen molar-refractivity contribution in [1.82, 2.24) is 46.5 Å². The van der Waals surface area contributed by atoms with Crippen molar-refractivity contribution in [1.29, 1.82) is 0 Å². The van der Waals surface area contributed by atoms with Crippen molar-refractivity contribution >= 4 is 11.9 Å². The maximum atomic E-state index is 15.0. The molecule has 13 nitrogen and oxygen atoms in total. The van der Waals surface area contributed by atoms with E-state index in [1.54, 1.807) is 6.07 Å². The van der Waals surface area contributed by atoms with Crippen molar-refractivity contribution in [2.75, 3.05) is 7.11 Å². The zero-order valence-corrected chi connectivity index (χ0v) is 19.1. The van der Waals surface area contributed by atoms with Gasteiger partial charge in [0.25, 0.3) is 5.88 Å². The molecule has 0 radical (unpaired) electrons. The Bertz CT molecular complexity index is 1420. The lowest BCUT2D eigenvalue weighted by Gasteiger charge is -2.16. The fourth-order valence-electron chi connectivity index (χ4n) is 3.23. The Morgan fingerprint density at radius 2 is 1.97 bits per heavy atom. The third kappa shape index (κ3) is 5.08. The van der Waals surface area contributed by atoms with Gasteiger partial charge in [-0.05, 0) is 35.0 Å². The molecule has 0 aliphatic carbocycles. The lowest BCUT2D eigenvalue weighted by atomic mass is 9.99. The summed E-state index contributed by atoms with van der Waals surface area (Å²) < 4.78 is 39.1. The van der Waals surface area contributed by atoms with Crippen LogP contribution < -0.4 is 20.9 Å². The molecule has 0 saturated carbocycles. The number of hydrazine groups is 1. The summed E-state index contributed by atoms with van der Waals surface area (Å²) in [6.45, 7) is 1.49. The zero-order chi connectivity index (χ0) is 25.8. The number of hydrogen-bond acceptors (Lipinski definition) is 9. The quantitative estimate of drug-likeness (QED) is 0.337. The SMILES string of the molecule is COc1cc(C(=O)NNC(=O)NC(C)c2ncc(-c3cccc(F)c3-c3nnn(C)n3)cc2F)on1. The van der Waals surface area contributed by atoms with Crippen LogP contribution in [0.4, 0.5) is 13.6 Å². The van der Waals surface area contributed by atoms with Crippen LogP contribution in [0.15, 0.2) is 41.1 Å². The van der Waals surface area contributed by atoms with Crippen molar-refractivity contribution in [3.05, 3.63) is 59.6 Å². The number of ether oxygens (including phenoxy) is 1. The average Bonchev–Trinajstić information content (AvgIpc) is 3.51. The van der Waals surface area contributed by atoms with Crippen molar-refractivity contribution in [3.63, 3.8) is 0 Å². The molecule has 0 spiro atoms. The number of aromatic nitrogens is 6. The smallest absolute Gasteiger partial charge is 0.334 e. The van der Waals surface area contributed by atoms with Crippen molar-refractivity contribution in [2.45, 2.75) is 13.0 Å². The summed E-state index contributed by atoms with van der Waals surface area (Å²) in [6.07, 6.45) is 1.34. The highest BCUT2D eigenvalue weighted by Gasteiger charge is 2.21. The van der Waals surface area contributed by atoms with Gasteiger partial charge in [0.05, 0.1) is 37.5 Å². The number of urea groups is 1. The standard InChI is InChI=1S/C21H19F2N9O4/c1-10(25-21(34)28-27-20(33)15-8-16(35-3)30-36-15)18-14(23)7-11(9-24-18)12-5-4-6-13(22)17(12)19-26-31-32(2)29-19/h4-10H,1-3H3,(H,27,33)(H2,25,28,34). The molecular formula is C21H19F2N9O4. The Morgan fingerprint density at radius 1 is 1.17 bits per heavy atom. The van der Waals surface area contributed by atoms with Gasteiger partial charge < -0.3 is 14.6 Å². The number of halogens is 2. The van der Waals surface area contributed by atoms with Gasteiger partial charge in [0.15, 0.2) is 0 Å². The van der Waals surface area contributed by atoms with Gasteiger partial charge in [-0.3, -0.25) is 15.2 Å². The van der Waals surface area contributed by atoms with E-state index in [-0.39, 0.29) is 34.3 Å². The highest BCUT2D eigenvalue weighted by atomic mass is 19.1. The number of amides is 3. The molecule has 4 rings (SSSR count). The van der Waals surface area contributed by atoms with E-state index in [0.29, 0.717) is 5.56 Å². The Hall–Kier alpha value is -4.95. The molecule has 15 heteroatoms. The maximum absolute atomic E-state index is 15.0. The number of benzene rings is 1. The van der Waals surface area contributed by atoms with E-state index in [4.69, 9.17) is 9.26 Å². The monoisotopic (exact) mass is 499 g/mol. The van der Waals surface area contributed by atoms with E-state index in [1.807, 2.05) is 0 Å². The summed E-state index contributed by atoms with van der Waals surface area (Å²) in [5.41, 5.74) is 4.75. The number of nitrogens with zero attached hydrogens (tertiary/aromatic N) is 6. The Morgan fingerprint density at radius 3 is 2.64 bits per heavy atom. The summed E-state index contributed by atoms with van der Waals surface area (Å²) in [6, 6.07) is 4.93. The summed E-state index contributed by atoms with van der Waals surface area (Å²) in [4.78, 5) is 29.4. The van der Waals surface area contributed by atoms with Crippen LogP contribution in [0.25, 0.3) is 22.5 Å². The molecule has 3 N–H and O–H groups in total. The van der Waals surface area contributed by atoms with Gasteiger partial charge in [0.2, 0.25) is 11.6 Å². The Kier molecular flexibility index (Phi) is 6.80. The molecule has 0 aliphatic heterocycles. The fourth-order valence-corrected chi connectivity index (χ4v) is 3.23. The summed E-state index contributed by atoms with van der Waals surface area (Å²) in [5.74, 6) is -2.22. The van der Waals surface area contributed by atoms with Crippen LogP contribution >= 0.6 is 0 Å². The predicted octanol–water partition coefficient (Wildman–Crippen LogP) is 1.92. The molecule has 3 amide bonds. The molecular weight excluding hydrogens is 480 g/mol. The third-order valence-electron chi connectivity index (χ3n) is 4.89. The van der Waals surface area contributed by atoms with Gasteiger partial charge in [-0.2, -0.15) is 4.80 Å². The normalized spacial score (nSPS) is 11.6. The topological polar surface area (TPSA) is 162 Å². The summed E-state index contributed by atoms with van der Waals surface area (Å²) >= 11 is 0. The van der Waals surface area contributed by atoms with Crippen LogP contribution in [0.1, 0.15) is 29.2 Å². The third-order valence-corrected chi connectivity index (χ3v) is 4.89. The molecule has 3 aromatic heterocycles. The van der Waals surface area contributed by atoms with Crippen LogP contribution in [-0.4, -0.2) is 49.4 Å². The number of methoxy groups -OCH3 is 1. The second kappa shape index (κ2) is 10.1. The zero-order valence-electron chi connectivity index (χ0n) is 19.1. The van der Waals surface area contributed by atoms with Crippen molar-refractivity contribution < 1.29 is 27.6 Å². The van der Waals surface area contributed by atoms with Gasteiger partial charge in [-0.1, -0.05) is 12.1 Å². The van der Waals surface area contributed by atoms with E-state index in [1.165, 1.54) is 50.3 Å². The second-order valence-electron chi connectivity index (χ2n) is 7.36. The largest absolute Gasteiger partial charge is 0.479 e. The van der Waals surface area contributed by atoms with E-state index in [2.05, 4.69) is 41.7 Å². The molecule has 186 valence electrons. The number of aryl methyl sites for hydroxylation is 1. The molecule has 0 saturated heterocycles. The number of tetrazole rings is 1. The Balaban J connectivity index is 1.45. The van der Waals surface area contributed by atoms with Crippen molar-refractivity contribution in [2.24, 2.45) is 7.05 Å². The number of carbonyl (C=O) groups excluding carboxylic acids is 2. The van der Waals surface area contributed by atoms with Gasteiger partial charge in [0, 0.05) is 11.8 Å². The number of hydrogen-bond donors (Lipinski definition) is 3. The van der Waals surface area contributed by atoms with Crippen molar-refractivity contribution in [3.8, 4) is 28.4 Å². The molecule has 0 aliphatic rings. The van der Waals surface area contributed by atoms with Crippen LogP contribution in [0.5, 0.6) is 5.88 Å². The minimum Gasteiger partial charge on any atom is -0.479 e. The molecule has 1 aromatic carbocycles. The molecule has 4 aromatic rings. The molecule has 0 bridgehead atoms.